The van der Waals surface area contributed by atoms with Crippen molar-refractivity contribution in [3.05, 3.63) is 47.3 Å². The highest BCUT2D eigenvalue weighted by atomic mass is 15.2. The molecule has 0 saturated carbocycles. The van der Waals surface area contributed by atoms with E-state index in [1.807, 2.05) is 6.92 Å². The van der Waals surface area contributed by atoms with Crippen LogP contribution in [0, 0.1) is 13.8 Å². The van der Waals surface area contributed by atoms with Crippen molar-refractivity contribution < 1.29 is 0 Å². The van der Waals surface area contributed by atoms with Crippen LogP contribution in [0.4, 0.5) is 5.95 Å². The van der Waals surface area contributed by atoms with Gasteiger partial charge in [-0.2, -0.15) is 0 Å². The minimum Gasteiger partial charge on any atom is -0.356 e. The van der Waals surface area contributed by atoms with Crippen molar-refractivity contribution in [1.82, 2.24) is 9.55 Å². The number of hydrogen-bond acceptors (Lipinski definition) is 2. The molecule has 0 aliphatic heterocycles. The lowest BCUT2D eigenvalue weighted by molar-refractivity contribution is 0.798. The van der Waals surface area contributed by atoms with E-state index >= 15 is 0 Å². The Morgan fingerprint density at radius 1 is 1.29 bits per heavy atom. The summed E-state index contributed by atoms with van der Waals surface area (Å²) in [6.07, 6.45) is 2.08. The molecule has 0 saturated heterocycles. The lowest BCUT2D eigenvalue weighted by Gasteiger charge is -2.08. The van der Waals surface area contributed by atoms with Gasteiger partial charge in [0.25, 0.3) is 0 Å². The molecule has 0 fully saturated rings. The molecular formula is C14H19N3. The summed E-state index contributed by atoms with van der Waals surface area (Å²) in [5.74, 6) is 0.950. The first kappa shape index (κ1) is 11.7. The Balaban J connectivity index is 2.23. The third-order valence-corrected chi connectivity index (χ3v) is 2.67. The van der Waals surface area contributed by atoms with Gasteiger partial charge in [0.2, 0.25) is 5.95 Å². The number of nitrogens with zero attached hydrogens (tertiary/aromatic N) is 2. The average molecular weight is 229 g/mol. The monoisotopic (exact) mass is 229 g/mol. The fourth-order valence-corrected chi connectivity index (χ4v) is 1.97. The predicted octanol–water partition coefficient (Wildman–Crippen LogP) is 2.98. The van der Waals surface area contributed by atoms with Crippen molar-refractivity contribution >= 4 is 5.95 Å². The Hall–Kier alpha value is -1.77. The van der Waals surface area contributed by atoms with Gasteiger partial charge in [0.1, 0.15) is 0 Å². The number of aromatic nitrogens is 2. The van der Waals surface area contributed by atoms with Crippen LogP contribution in [0.5, 0.6) is 0 Å². The van der Waals surface area contributed by atoms with E-state index < -0.39 is 0 Å². The predicted molar refractivity (Wildman–Crippen MR) is 71.4 cm³/mol. The number of benzene rings is 1. The van der Waals surface area contributed by atoms with Crippen LogP contribution in [-0.2, 0) is 6.54 Å². The molecular weight excluding hydrogens is 210 g/mol. The maximum Gasteiger partial charge on any atom is 0.203 e. The topological polar surface area (TPSA) is 29.9 Å². The molecule has 3 nitrogen and oxygen atoms in total. The summed E-state index contributed by atoms with van der Waals surface area (Å²) in [6, 6.07) is 8.58. The largest absolute Gasteiger partial charge is 0.356 e. The van der Waals surface area contributed by atoms with Crippen molar-refractivity contribution in [1.29, 1.82) is 0 Å². The van der Waals surface area contributed by atoms with Crippen LogP contribution >= 0.6 is 0 Å². The van der Waals surface area contributed by atoms with Crippen LogP contribution < -0.4 is 5.32 Å². The molecule has 0 aliphatic rings. The van der Waals surface area contributed by atoms with Gasteiger partial charge in [-0.25, -0.2) is 4.98 Å². The molecule has 2 rings (SSSR count). The zero-order valence-corrected chi connectivity index (χ0v) is 10.7. The van der Waals surface area contributed by atoms with Gasteiger partial charge >= 0.3 is 0 Å². The molecule has 1 N–H and O–H groups in total. The number of imidazole rings is 1. The van der Waals surface area contributed by atoms with Crippen molar-refractivity contribution in [3.63, 3.8) is 0 Å². The zero-order chi connectivity index (χ0) is 12.3. The van der Waals surface area contributed by atoms with Gasteiger partial charge in [-0.3, -0.25) is 0 Å². The zero-order valence-electron chi connectivity index (χ0n) is 10.7. The second kappa shape index (κ2) is 5.04. The van der Waals surface area contributed by atoms with Crippen LogP contribution in [0.15, 0.2) is 30.5 Å². The second-order valence-corrected chi connectivity index (χ2v) is 4.35. The number of rotatable bonds is 4. The van der Waals surface area contributed by atoms with E-state index in [-0.39, 0.29) is 0 Å². The summed E-state index contributed by atoms with van der Waals surface area (Å²) in [6.45, 7) is 7.98. The van der Waals surface area contributed by atoms with E-state index in [9.17, 15) is 0 Å². The van der Waals surface area contributed by atoms with E-state index in [0.717, 1.165) is 24.7 Å². The molecule has 0 atom stereocenters. The molecule has 0 bridgehead atoms. The lowest BCUT2D eigenvalue weighted by Crippen LogP contribution is -2.07. The minimum atomic E-state index is 0.866. The smallest absolute Gasteiger partial charge is 0.203 e. The molecule has 0 radical (unpaired) electrons. The van der Waals surface area contributed by atoms with Crippen LogP contribution in [0.3, 0.4) is 0 Å². The van der Waals surface area contributed by atoms with Crippen molar-refractivity contribution in [2.24, 2.45) is 0 Å². The van der Waals surface area contributed by atoms with E-state index in [4.69, 9.17) is 0 Å². The first-order valence-corrected chi connectivity index (χ1v) is 6.02. The number of nitrogens with one attached hydrogen (secondary N) is 1. The van der Waals surface area contributed by atoms with Gasteiger partial charge in [-0.05, 0) is 26.3 Å². The Bertz CT molecular complexity index is 500. The van der Waals surface area contributed by atoms with Gasteiger partial charge in [-0.15, -0.1) is 0 Å². The summed E-state index contributed by atoms with van der Waals surface area (Å²) in [4.78, 5) is 4.47. The highest BCUT2D eigenvalue weighted by Crippen LogP contribution is 2.12. The van der Waals surface area contributed by atoms with Gasteiger partial charge in [0, 0.05) is 12.7 Å². The van der Waals surface area contributed by atoms with Crippen LogP contribution in [0.1, 0.15) is 23.7 Å². The van der Waals surface area contributed by atoms with Gasteiger partial charge < -0.3 is 9.88 Å². The third kappa shape index (κ3) is 2.87. The number of aryl methyl sites for hydroxylation is 2. The third-order valence-electron chi connectivity index (χ3n) is 2.67. The van der Waals surface area contributed by atoms with Gasteiger partial charge in [0.15, 0.2) is 0 Å². The lowest BCUT2D eigenvalue weighted by atomic mass is 10.1. The number of hydrogen-bond donors (Lipinski definition) is 1. The molecule has 0 aliphatic carbocycles. The molecule has 3 heteroatoms. The van der Waals surface area contributed by atoms with Crippen molar-refractivity contribution in [3.8, 4) is 0 Å². The normalized spacial score (nSPS) is 10.5. The van der Waals surface area contributed by atoms with E-state index in [1.54, 1.807) is 0 Å². The fourth-order valence-electron chi connectivity index (χ4n) is 1.97. The molecule has 1 aromatic heterocycles. The minimum absolute atomic E-state index is 0.866. The molecule has 0 amide bonds. The van der Waals surface area contributed by atoms with Crippen LogP contribution in [0.2, 0.25) is 0 Å². The first-order chi connectivity index (χ1) is 8.19. The number of anilines is 1. The SMILES string of the molecule is CCNc1nc(C)cn1Cc1cccc(C)c1. The summed E-state index contributed by atoms with van der Waals surface area (Å²) >= 11 is 0. The highest BCUT2D eigenvalue weighted by molar-refractivity contribution is 5.31. The molecule has 0 spiro atoms. The Morgan fingerprint density at radius 2 is 2.12 bits per heavy atom. The van der Waals surface area contributed by atoms with E-state index in [1.165, 1.54) is 11.1 Å². The maximum atomic E-state index is 4.47. The summed E-state index contributed by atoms with van der Waals surface area (Å²) in [5.41, 5.74) is 3.65. The molecule has 17 heavy (non-hydrogen) atoms. The molecule has 90 valence electrons. The Labute approximate surface area is 103 Å². The summed E-state index contributed by atoms with van der Waals surface area (Å²) in [5, 5.41) is 3.28. The Morgan fingerprint density at radius 3 is 2.82 bits per heavy atom. The van der Waals surface area contributed by atoms with Crippen LogP contribution in [0.25, 0.3) is 0 Å². The molecule has 1 heterocycles. The Kier molecular flexibility index (Phi) is 3.47. The average Bonchev–Trinajstić information content (AvgIpc) is 2.59. The van der Waals surface area contributed by atoms with Crippen molar-refractivity contribution in [2.75, 3.05) is 11.9 Å². The highest BCUT2D eigenvalue weighted by Gasteiger charge is 2.04. The molecule has 1 aromatic carbocycles. The van der Waals surface area contributed by atoms with E-state index in [0.29, 0.717) is 0 Å². The van der Waals surface area contributed by atoms with Crippen molar-refractivity contribution in [2.45, 2.75) is 27.3 Å². The summed E-state index contributed by atoms with van der Waals surface area (Å²) in [7, 11) is 0. The summed E-state index contributed by atoms with van der Waals surface area (Å²) < 4.78 is 2.16. The molecule has 2 aromatic rings. The van der Waals surface area contributed by atoms with E-state index in [2.05, 4.69) is 59.2 Å². The fraction of sp³-hybridized carbons (Fsp3) is 0.357. The second-order valence-electron chi connectivity index (χ2n) is 4.35. The quantitative estimate of drug-likeness (QED) is 0.873. The molecule has 0 unspecified atom stereocenters. The van der Waals surface area contributed by atoms with Crippen LogP contribution in [-0.4, -0.2) is 16.1 Å². The standard InChI is InChI=1S/C14H19N3/c1-4-15-14-16-12(3)9-17(14)10-13-7-5-6-11(2)8-13/h5-9H,4,10H2,1-3H3,(H,15,16). The van der Waals surface area contributed by atoms with Gasteiger partial charge in [-0.1, -0.05) is 29.8 Å². The maximum absolute atomic E-state index is 4.47. The van der Waals surface area contributed by atoms with Gasteiger partial charge in [0.05, 0.1) is 12.2 Å². The first-order valence-electron chi connectivity index (χ1n) is 6.02.